The first-order valence-corrected chi connectivity index (χ1v) is 8.78. The average Bonchev–Trinajstić information content (AvgIpc) is 2.49. The van der Waals surface area contributed by atoms with E-state index in [1.165, 1.54) is 6.07 Å². The van der Waals surface area contributed by atoms with Crippen LogP contribution in [0.3, 0.4) is 0 Å². The van der Waals surface area contributed by atoms with Gasteiger partial charge >= 0.3 is 6.03 Å². The van der Waals surface area contributed by atoms with Gasteiger partial charge in [0.2, 0.25) is 0 Å². The molecule has 0 aliphatic carbocycles. The molecule has 0 bridgehead atoms. The number of carbonyl (C=O) groups excluding carboxylic acids is 1. The van der Waals surface area contributed by atoms with Crippen LogP contribution in [-0.2, 0) is 17.2 Å². The van der Waals surface area contributed by atoms with Crippen LogP contribution in [0.1, 0.15) is 26.3 Å². The van der Waals surface area contributed by atoms with Gasteiger partial charge in [-0.05, 0) is 26.3 Å². The number of carbonyl (C=O) groups is 1. The number of nitro benzene ring substituents is 1. The van der Waals surface area contributed by atoms with Crippen LogP contribution in [-0.4, -0.2) is 43.7 Å². The van der Waals surface area contributed by atoms with Crippen LogP contribution in [0.25, 0.3) is 0 Å². The molecule has 23 heavy (non-hydrogen) atoms. The van der Waals surface area contributed by atoms with Crippen molar-refractivity contribution >= 4 is 28.2 Å². The van der Waals surface area contributed by atoms with Crippen molar-refractivity contribution in [2.45, 2.75) is 31.9 Å². The molecule has 0 aromatic heterocycles. The highest BCUT2D eigenvalue weighted by molar-refractivity contribution is 7.86. The number of nitrogens with one attached hydrogen (secondary N) is 1. The van der Waals surface area contributed by atoms with Crippen molar-refractivity contribution in [3.63, 3.8) is 0 Å². The molecular formula is C15H21N3O4S. The first-order chi connectivity index (χ1) is 10.7. The summed E-state index contributed by atoms with van der Waals surface area (Å²) in [6.45, 7) is 6.38. The summed E-state index contributed by atoms with van der Waals surface area (Å²) in [6.07, 6.45) is 0.552. The van der Waals surface area contributed by atoms with E-state index in [2.05, 4.69) is 5.32 Å². The smallest absolute Gasteiger partial charge is 0.321 e. The van der Waals surface area contributed by atoms with Gasteiger partial charge in [-0.2, -0.15) is 0 Å². The van der Waals surface area contributed by atoms with Crippen molar-refractivity contribution in [2.75, 3.05) is 24.2 Å². The summed E-state index contributed by atoms with van der Waals surface area (Å²) in [5, 5.41) is 13.8. The molecular weight excluding hydrogens is 318 g/mol. The van der Waals surface area contributed by atoms with Crippen LogP contribution >= 0.6 is 0 Å². The Labute approximate surface area is 137 Å². The lowest BCUT2D eigenvalue weighted by Crippen LogP contribution is -2.53. The van der Waals surface area contributed by atoms with Crippen molar-refractivity contribution in [1.29, 1.82) is 0 Å². The van der Waals surface area contributed by atoms with Crippen molar-refractivity contribution < 1.29 is 13.9 Å². The van der Waals surface area contributed by atoms with Crippen LogP contribution in [0, 0.1) is 10.1 Å². The van der Waals surface area contributed by atoms with E-state index in [1.807, 2.05) is 20.8 Å². The molecule has 0 saturated carbocycles. The summed E-state index contributed by atoms with van der Waals surface area (Å²) in [6, 6.07) is 4.37. The Kier molecular flexibility index (Phi) is 5.03. The van der Waals surface area contributed by atoms with E-state index in [9.17, 15) is 19.1 Å². The van der Waals surface area contributed by atoms with E-state index in [-0.39, 0.29) is 11.7 Å². The zero-order chi connectivity index (χ0) is 17.2. The summed E-state index contributed by atoms with van der Waals surface area (Å²) >= 11 is 0. The average molecular weight is 339 g/mol. The van der Waals surface area contributed by atoms with Gasteiger partial charge in [0.25, 0.3) is 5.69 Å². The third-order valence-corrected chi connectivity index (χ3v) is 5.85. The standard InChI is InChI=1S/C15H21N3O4S/c1-4-11-5-6-12(9-13(11)18(20)21)16-14(19)17-7-8-23(22)15(2,3)10-17/h5-6,9H,4,7-8,10H2,1-3H3,(H,16,19)/t23-/m0/s1. The highest BCUT2D eigenvalue weighted by Crippen LogP contribution is 2.25. The number of anilines is 1. The summed E-state index contributed by atoms with van der Waals surface area (Å²) in [5.41, 5.74) is 1.02. The van der Waals surface area contributed by atoms with E-state index in [0.29, 0.717) is 36.5 Å². The van der Waals surface area contributed by atoms with Crippen molar-refractivity contribution in [3.05, 3.63) is 33.9 Å². The summed E-state index contributed by atoms with van der Waals surface area (Å²) in [5.74, 6) is 0.440. The Balaban J connectivity index is 2.13. The van der Waals surface area contributed by atoms with E-state index in [1.54, 1.807) is 17.0 Å². The normalized spacial score (nSPS) is 20.1. The number of nitrogens with zero attached hydrogens (tertiary/aromatic N) is 2. The molecule has 7 nitrogen and oxygen atoms in total. The van der Waals surface area contributed by atoms with Crippen LogP contribution in [0.4, 0.5) is 16.2 Å². The fraction of sp³-hybridized carbons (Fsp3) is 0.533. The van der Waals surface area contributed by atoms with Gasteiger partial charge in [0.1, 0.15) is 0 Å². The number of hydrogen-bond acceptors (Lipinski definition) is 4. The van der Waals surface area contributed by atoms with Crippen molar-refractivity contribution in [3.8, 4) is 0 Å². The minimum Gasteiger partial charge on any atom is -0.322 e. The van der Waals surface area contributed by atoms with E-state index in [4.69, 9.17) is 0 Å². The van der Waals surface area contributed by atoms with Crippen LogP contribution in [0.15, 0.2) is 18.2 Å². The lowest BCUT2D eigenvalue weighted by molar-refractivity contribution is -0.385. The number of amides is 2. The molecule has 2 amide bonds. The van der Waals surface area contributed by atoms with Crippen LogP contribution in [0.5, 0.6) is 0 Å². The first-order valence-electron chi connectivity index (χ1n) is 7.46. The molecule has 1 aliphatic rings. The number of nitro groups is 1. The fourth-order valence-electron chi connectivity index (χ4n) is 2.57. The summed E-state index contributed by atoms with van der Waals surface area (Å²) < 4.78 is 11.5. The van der Waals surface area contributed by atoms with Gasteiger partial charge in [0.05, 0.1) is 9.67 Å². The van der Waals surface area contributed by atoms with E-state index >= 15 is 0 Å². The van der Waals surface area contributed by atoms with Gasteiger partial charge in [-0.25, -0.2) is 4.79 Å². The Morgan fingerprint density at radius 1 is 1.48 bits per heavy atom. The predicted molar refractivity (Wildman–Crippen MR) is 90.2 cm³/mol. The first kappa shape index (κ1) is 17.4. The zero-order valence-corrected chi connectivity index (χ0v) is 14.3. The maximum Gasteiger partial charge on any atom is 0.321 e. The minimum absolute atomic E-state index is 0.00498. The minimum atomic E-state index is -0.959. The summed E-state index contributed by atoms with van der Waals surface area (Å²) in [4.78, 5) is 24.6. The van der Waals surface area contributed by atoms with Gasteiger partial charge in [-0.1, -0.05) is 13.0 Å². The molecule has 1 aliphatic heterocycles. The predicted octanol–water partition coefficient (Wildman–Crippen LogP) is 2.53. The highest BCUT2D eigenvalue weighted by Gasteiger charge is 2.35. The molecule has 1 aromatic rings. The molecule has 8 heteroatoms. The highest BCUT2D eigenvalue weighted by atomic mass is 32.2. The SMILES string of the molecule is CCc1ccc(NC(=O)N2CC[S@](=O)C(C)(C)C2)cc1[N+](=O)[O-]. The third kappa shape index (κ3) is 3.87. The zero-order valence-electron chi connectivity index (χ0n) is 13.5. The van der Waals surface area contributed by atoms with E-state index in [0.717, 1.165) is 0 Å². The van der Waals surface area contributed by atoms with Gasteiger partial charge < -0.3 is 10.2 Å². The monoisotopic (exact) mass is 339 g/mol. The second-order valence-corrected chi connectivity index (χ2v) is 8.32. The van der Waals surface area contributed by atoms with E-state index < -0.39 is 20.5 Å². The van der Waals surface area contributed by atoms with Crippen LogP contribution < -0.4 is 5.32 Å². The topological polar surface area (TPSA) is 92.6 Å². The molecule has 2 rings (SSSR count). The lowest BCUT2D eigenvalue weighted by Gasteiger charge is -2.37. The molecule has 1 fully saturated rings. The largest absolute Gasteiger partial charge is 0.322 e. The number of benzene rings is 1. The number of hydrogen-bond donors (Lipinski definition) is 1. The van der Waals surface area contributed by atoms with Gasteiger partial charge in [-0.15, -0.1) is 0 Å². The van der Waals surface area contributed by atoms with Crippen LogP contribution in [0.2, 0.25) is 0 Å². The molecule has 1 heterocycles. The van der Waals surface area contributed by atoms with Crippen molar-refractivity contribution in [1.82, 2.24) is 4.90 Å². The Morgan fingerprint density at radius 2 is 2.17 bits per heavy atom. The molecule has 0 radical (unpaired) electrons. The maximum absolute atomic E-state index is 12.3. The number of urea groups is 1. The fourth-order valence-corrected chi connectivity index (χ4v) is 3.81. The second kappa shape index (κ2) is 6.66. The molecule has 126 valence electrons. The quantitative estimate of drug-likeness (QED) is 0.676. The third-order valence-electron chi connectivity index (χ3n) is 3.94. The molecule has 0 spiro atoms. The van der Waals surface area contributed by atoms with Crippen molar-refractivity contribution in [2.24, 2.45) is 0 Å². The Morgan fingerprint density at radius 3 is 2.74 bits per heavy atom. The number of rotatable bonds is 3. The Hall–Kier alpha value is -1.96. The Bertz CT molecular complexity index is 660. The molecule has 1 atom stereocenters. The molecule has 0 unspecified atom stereocenters. The molecule has 1 saturated heterocycles. The molecule has 1 N–H and O–H groups in total. The van der Waals surface area contributed by atoms with Gasteiger partial charge in [0, 0.05) is 47.0 Å². The van der Waals surface area contributed by atoms with Gasteiger partial charge in [0.15, 0.2) is 0 Å². The maximum atomic E-state index is 12.3. The number of aryl methyl sites for hydroxylation is 1. The summed E-state index contributed by atoms with van der Waals surface area (Å²) in [7, 11) is -0.959. The molecule has 1 aromatic carbocycles. The second-order valence-electron chi connectivity index (χ2n) is 6.12. The van der Waals surface area contributed by atoms with Gasteiger partial charge in [-0.3, -0.25) is 14.3 Å². The lowest BCUT2D eigenvalue weighted by atomic mass is 10.1.